The van der Waals surface area contributed by atoms with Crippen molar-refractivity contribution in [3.8, 4) is 11.8 Å². The maximum absolute atomic E-state index is 13.1. The SMILES string of the molecule is Cc1cc(N(C(=O)C(CC(=O)O)NC(=O)C(F)(F)F)C(C)C)ccc1C#CCNc1ccccc1. The van der Waals surface area contributed by atoms with Crippen molar-refractivity contribution < 1.29 is 32.7 Å². The summed E-state index contributed by atoms with van der Waals surface area (Å²) in [4.78, 5) is 36.8. The molecule has 186 valence electrons. The monoisotopic (exact) mass is 489 g/mol. The number of carbonyl (C=O) groups excluding carboxylic acids is 2. The van der Waals surface area contributed by atoms with Gasteiger partial charge in [0.05, 0.1) is 13.0 Å². The fourth-order valence-electron chi connectivity index (χ4n) is 3.24. The molecule has 2 rings (SSSR count). The van der Waals surface area contributed by atoms with Gasteiger partial charge in [-0.15, -0.1) is 0 Å². The highest BCUT2D eigenvalue weighted by Crippen LogP contribution is 2.23. The fraction of sp³-hybridized carbons (Fsp3) is 0.320. The Labute approximate surface area is 201 Å². The number of nitrogens with one attached hydrogen (secondary N) is 2. The zero-order valence-corrected chi connectivity index (χ0v) is 19.4. The summed E-state index contributed by atoms with van der Waals surface area (Å²) in [5.74, 6) is 1.15. The van der Waals surface area contributed by atoms with E-state index in [1.807, 2.05) is 30.3 Å². The number of hydrogen-bond donors (Lipinski definition) is 3. The summed E-state index contributed by atoms with van der Waals surface area (Å²) in [6.07, 6.45) is -6.26. The lowest BCUT2D eigenvalue weighted by Gasteiger charge is -2.31. The number of carboxylic acid groups (broad SMARTS) is 1. The Kier molecular flexibility index (Phi) is 9.28. The van der Waals surface area contributed by atoms with Crippen LogP contribution in [0.25, 0.3) is 0 Å². The average Bonchev–Trinajstić information content (AvgIpc) is 2.77. The van der Waals surface area contributed by atoms with E-state index < -0.39 is 42.5 Å². The maximum atomic E-state index is 13.1. The lowest BCUT2D eigenvalue weighted by Crippen LogP contribution is -2.54. The van der Waals surface area contributed by atoms with Gasteiger partial charge in [-0.25, -0.2) is 0 Å². The van der Waals surface area contributed by atoms with Crippen LogP contribution in [0.1, 0.15) is 31.4 Å². The number of para-hydroxylation sites is 1. The van der Waals surface area contributed by atoms with E-state index in [-0.39, 0.29) is 0 Å². The van der Waals surface area contributed by atoms with Gasteiger partial charge in [-0.3, -0.25) is 14.4 Å². The molecule has 3 N–H and O–H groups in total. The Morgan fingerprint density at radius 3 is 2.29 bits per heavy atom. The lowest BCUT2D eigenvalue weighted by atomic mass is 10.1. The summed E-state index contributed by atoms with van der Waals surface area (Å²) < 4.78 is 38.1. The molecule has 35 heavy (non-hydrogen) atoms. The second kappa shape index (κ2) is 11.9. The number of alkyl halides is 3. The molecule has 0 bridgehead atoms. The first-order valence-corrected chi connectivity index (χ1v) is 10.7. The van der Waals surface area contributed by atoms with Gasteiger partial charge in [-0.2, -0.15) is 13.2 Å². The largest absolute Gasteiger partial charge is 0.481 e. The van der Waals surface area contributed by atoms with Gasteiger partial charge in [-0.1, -0.05) is 30.0 Å². The van der Waals surface area contributed by atoms with E-state index in [2.05, 4.69) is 17.2 Å². The Balaban J connectivity index is 2.23. The number of aryl methyl sites for hydroxylation is 1. The number of hydrogen-bond acceptors (Lipinski definition) is 4. The number of rotatable bonds is 8. The highest BCUT2D eigenvalue weighted by atomic mass is 19.4. The third-order valence-corrected chi connectivity index (χ3v) is 4.86. The first kappa shape index (κ1) is 27.2. The maximum Gasteiger partial charge on any atom is 0.471 e. The highest BCUT2D eigenvalue weighted by Gasteiger charge is 2.42. The highest BCUT2D eigenvalue weighted by molar-refractivity contribution is 6.01. The summed E-state index contributed by atoms with van der Waals surface area (Å²) in [5, 5.41) is 13.7. The summed E-state index contributed by atoms with van der Waals surface area (Å²) in [5.41, 5.74) is 2.66. The van der Waals surface area contributed by atoms with Gasteiger partial charge in [0.2, 0.25) is 5.91 Å². The predicted molar refractivity (Wildman–Crippen MR) is 126 cm³/mol. The number of halogens is 3. The van der Waals surface area contributed by atoms with Crippen LogP contribution in [0.3, 0.4) is 0 Å². The van der Waals surface area contributed by atoms with Gasteiger partial charge in [0.25, 0.3) is 0 Å². The molecule has 2 aromatic rings. The molecule has 1 atom stereocenters. The second-order valence-electron chi connectivity index (χ2n) is 7.94. The van der Waals surface area contributed by atoms with Crippen molar-refractivity contribution in [2.45, 2.75) is 45.5 Å². The molecule has 0 aromatic heterocycles. The van der Waals surface area contributed by atoms with Crippen molar-refractivity contribution in [1.82, 2.24) is 5.32 Å². The van der Waals surface area contributed by atoms with Crippen LogP contribution in [0, 0.1) is 18.8 Å². The molecule has 2 amide bonds. The number of carbonyl (C=O) groups is 3. The van der Waals surface area contributed by atoms with Crippen molar-refractivity contribution in [2.24, 2.45) is 0 Å². The number of benzene rings is 2. The summed E-state index contributed by atoms with van der Waals surface area (Å²) in [6.45, 7) is 5.41. The molecule has 1 unspecified atom stereocenters. The van der Waals surface area contributed by atoms with Gasteiger partial charge in [0.1, 0.15) is 6.04 Å². The minimum absolute atomic E-state index is 0.340. The molecule has 0 radical (unpaired) electrons. The first-order chi connectivity index (χ1) is 16.4. The second-order valence-corrected chi connectivity index (χ2v) is 7.94. The quantitative estimate of drug-likeness (QED) is 0.491. The molecule has 0 heterocycles. The zero-order valence-electron chi connectivity index (χ0n) is 19.4. The standard InChI is InChI=1S/C25H26F3N3O4/c1-16(2)31(23(34)21(15-22(32)33)30-24(35)25(26,27)28)20-12-11-18(17(3)14-20)8-7-13-29-19-9-5-4-6-10-19/h4-6,9-12,14,16,21,29H,13,15H2,1-3H3,(H,30,35)(H,32,33). The average molecular weight is 489 g/mol. The van der Waals surface area contributed by atoms with Gasteiger partial charge in [-0.05, 0) is 56.7 Å². The molecule has 0 spiro atoms. The molecule has 0 aliphatic rings. The van der Waals surface area contributed by atoms with Crippen LogP contribution < -0.4 is 15.5 Å². The third-order valence-electron chi connectivity index (χ3n) is 4.86. The lowest BCUT2D eigenvalue weighted by molar-refractivity contribution is -0.175. The topological polar surface area (TPSA) is 98.7 Å². The normalized spacial score (nSPS) is 11.7. The Morgan fingerprint density at radius 1 is 1.09 bits per heavy atom. The van der Waals surface area contributed by atoms with Crippen LogP contribution in [-0.4, -0.2) is 47.7 Å². The Bertz CT molecular complexity index is 1120. The van der Waals surface area contributed by atoms with Crippen molar-refractivity contribution in [3.63, 3.8) is 0 Å². The van der Waals surface area contributed by atoms with Gasteiger partial charge in [0.15, 0.2) is 0 Å². The van der Waals surface area contributed by atoms with Gasteiger partial charge < -0.3 is 20.6 Å². The number of carboxylic acids is 1. The first-order valence-electron chi connectivity index (χ1n) is 10.7. The predicted octanol–water partition coefficient (Wildman–Crippen LogP) is 3.72. The van der Waals surface area contributed by atoms with Crippen LogP contribution in [-0.2, 0) is 14.4 Å². The van der Waals surface area contributed by atoms with Crippen LogP contribution in [0.2, 0.25) is 0 Å². The molecule has 10 heteroatoms. The summed E-state index contributed by atoms with van der Waals surface area (Å²) in [6, 6.07) is 12.0. The fourth-order valence-corrected chi connectivity index (χ4v) is 3.24. The van der Waals surface area contributed by atoms with E-state index in [0.717, 1.165) is 10.6 Å². The van der Waals surface area contributed by atoms with Crippen LogP contribution >= 0.6 is 0 Å². The zero-order chi connectivity index (χ0) is 26.2. The van der Waals surface area contributed by atoms with Crippen molar-refractivity contribution in [1.29, 1.82) is 0 Å². The molecular formula is C25H26F3N3O4. The van der Waals surface area contributed by atoms with E-state index in [1.54, 1.807) is 39.0 Å². The molecule has 0 fully saturated rings. The van der Waals surface area contributed by atoms with E-state index in [9.17, 15) is 27.6 Å². The van der Waals surface area contributed by atoms with Gasteiger partial charge >= 0.3 is 18.1 Å². The number of nitrogens with zero attached hydrogens (tertiary/aromatic N) is 1. The molecule has 0 aliphatic heterocycles. The van der Waals surface area contributed by atoms with Crippen LogP contribution in [0.15, 0.2) is 48.5 Å². The number of aliphatic carboxylic acids is 1. The van der Waals surface area contributed by atoms with Crippen LogP contribution in [0.5, 0.6) is 0 Å². The van der Waals surface area contributed by atoms with E-state index in [1.165, 1.54) is 5.32 Å². The Morgan fingerprint density at radius 2 is 1.74 bits per heavy atom. The van der Waals surface area contributed by atoms with E-state index in [4.69, 9.17) is 5.11 Å². The van der Waals surface area contributed by atoms with Crippen molar-refractivity contribution >= 4 is 29.2 Å². The van der Waals surface area contributed by atoms with Gasteiger partial charge in [0, 0.05) is 23.0 Å². The van der Waals surface area contributed by atoms with Crippen LogP contribution in [0.4, 0.5) is 24.5 Å². The van der Waals surface area contributed by atoms with Crippen molar-refractivity contribution in [3.05, 3.63) is 59.7 Å². The molecular weight excluding hydrogens is 463 g/mol. The summed E-state index contributed by atoms with van der Waals surface area (Å²) in [7, 11) is 0. The van der Waals surface area contributed by atoms with E-state index in [0.29, 0.717) is 23.4 Å². The molecule has 0 saturated carbocycles. The number of amides is 2. The smallest absolute Gasteiger partial charge is 0.471 e. The minimum atomic E-state index is -5.26. The third kappa shape index (κ3) is 8.07. The molecule has 7 nitrogen and oxygen atoms in total. The molecule has 0 aliphatic carbocycles. The minimum Gasteiger partial charge on any atom is -0.481 e. The number of anilines is 2. The van der Waals surface area contributed by atoms with E-state index >= 15 is 0 Å². The summed E-state index contributed by atoms with van der Waals surface area (Å²) >= 11 is 0. The molecule has 0 saturated heterocycles. The Hall–Kier alpha value is -4.00. The molecule has 2 aromatic carbocycles. The van der Waals surface area contributed by atoms with Crippen molar-refractivity contribution in [2.75, 3.05) is 16.8 Å².